The van der Waals surface area contributed by atoms with E-state index in [0.29, 0.717) is 42.1 Å². The van der Waals surface area contributed by atoms with Crippen LogP contribution in [0.2, 0.25) is 0 Å². The molecule has 0 radical (unpaired) electrons. The van der Waals surface area contributed by atoms with E-state index in [1.165, 1.54) is 6.20 Å². The van der Waals surface area contributed by atoms with Gasteiger partial charge in [0.05, 0.1) is 30.5 Å². The molecule has 2 unspecified atom stereocenters. The smallest absolute Gasteiger partial charge is 0.336 e. The van der Waals surface area contributed by atoms with Crippen molar-refractivity contribution in [1.82, 2.24) is 14.7 Å². The van der Waals surface area contributed by atoms with E-state index in [4.69, 9.17) is 14.6 Å². The highest BCUT2D eigenvalue weighted by Gasteiger charge is 2.44. The Labute approximate surface area is 185 Å². The molecule has 9 heteroatoms. The molecule has 2 aliphatic rings. The van der Waals surface area contributed by atoms with Gasteiger partial charge in [0.15, 0.2) is 5.83 Å². The number of carbonyl (C=O) groups is 1. The lowest BCUT2D eigenvalue weighted by Crippen LogP contribution is -2.49. The first-order chi connectivity index (χ1) is 15.1. The number of aliphatic carboxylic acids is 1. The number of fused-ring (bicyclic) bond motifs is 5. The lowest BCUT2D eigenvalue weighted by atomic mass is 9.82. The van der Waals surface area contributed by atoms with Crippen molar-refractivity contribution >= 4 is 22.6 Å². The normalized spacial score (nSPS) is 20.8. The zero-order chi connectivity index (χ0) is 23.2. The molecule has 0 saturated heterocycles. The average Bonchev–Trinajstić information content (AvgIpc) is 3.11. The predicted octanol–water partition coefficient (Wildman–Crippen LogP) is 3.16. The van der Waals surface area contributed by atoms with E-state index in [1.54, 1.807) is 16.7 Å². The third kappa shape index (κ3) is 3.65. The Balaban J connectivity index is 1.87. The third-order valence-corrected chi connectivity index (χ3v) is 5.93. The minimum absolute atomic E-state index is 0.146. The molecule has 172 valence electrons. The fraction of sp³-hybridized carbons (Fsp3) is 0.478. The van der Waals surface area contributed by atoms with E-state index in [0.717, 1.165) is 6.42 Å². The largest absolute Gasteiger partial charge is 0.491 e. The number of halogens is 1. The van der Waals surface area contributed by atoms with Crippen molar-refractivity contribution in [1.29, 1.82) is 0 Å². The van der Waals surface area contributed by atoms with Gasteiger partial charge in [0.1, 0.15) is 23.1 Å². The highest BCUT2D eigenvalue weighted by molar-refractivity contribution is 5.97. The van der Waals surface area contributed by atoms with Gasteiger partial charge in [0.25, 0.3) is 0 Å². The summed E-state index contributed by atoms with van der Waals surface area (Å²) in [4.78, 5) is 13.3. The van der Waals surface area contributed by atoms with Crippen LogP contribution in [0.5, 0.6) is 5.75 Å². The number of carboxylic acid groups (broad SMARTS) is 1. The van der Waals surface area contributed by atoms with Gasteiger partial charge in [-0.2, -0.15) is 5.10 Å². The van der Waals surface area contributed by atoms with Gasteiger partial charge in [-0.1, -0.05) is 32.9 Å². The highest BCUT2D eigenvalue weighted by Crippen LogP contribution is 2.45. The number of hydrogen-bond donors (Lipinski definition) is 2. The maximum absolute atomic E-state index is 15.6. The molecule has 2 atom stereocenters. The molecule has 3 heterocycles. The summed E-state index contributed by atoms with van der Waals surface area (Å²) in [6.07, 6.45) is 0.230. The summed E-state index contributed by atoms with van der Waals surface area (Å²) in [6.45, 7) is 7.46. The summed E-state index contributed by atoms with van der Waals surface area (Å²) in [5, 5.41) is 25.3. The topological polar surface area (TPSA) is 97.1 Å². The van der Waals surface area contributed by atoms with Crippen LogP contribution in [-0.4, -0.2) is 63.3 Å². The molecule has 32 heavy (non-hydrogen) atoms. The van der Waals surface area contributed by atoms with Crippen molar-refractivity contribution < 1.29 is 28.9 Å². The summed E-state index contributed by atoms with van der Waals surface area (Å²) < 4.78 is 28.3. The second kappa shape index (κ2) is 8.22. The second-order valence-corrected chi connectivity index (χ2v) is 9.16. The monoisotopic (exact) mass is 445 g/mol. The number of rotatable bonds is 6. The molecule has 2 N–H and O–H groups in total. The van der Waals surface area contributed by atoms with Crippen LogP contribution >= 0.6 is 0 Å². The Bertz CT molecular complexity index is 1110. The number of nitrogens with zero attached hydrogens (tertiary/aromatic N) is 3. The van der Waals surface area contributed by atoms with Gasteiger partial charge in [0, 0.05) is 31.7 Å². The summed E-state index contributed by atoms with van der Waals surface area (Å²) >= 11 is 0. The molecule has 4 rings (SSSR count). The first-order valence-electron chi connectivity index (χ1n) is 10.6. The molecule has 0 fully saturated rings. The van der Waals surface area contributed by atoms with Crippen LogP contribution in [0.1, 0.15) is 32.9 Å². The van der Waals surface area contributed by atoms with Crippen molar-refractivity contribution in [3.8, 4) is 5.75 Å². The molecule has 1 aromatic heterocycles. The number of carboxylic acids is 1. The molecule has 0 saturated carbocycles. The number of ether oxygens (including phenoxy) is 2. The minimum atomic E-state index is -1.84. The fourth-order valence-corrected chi connectivity index (χ4v) is 4.28. The molecule has 0 spiro atoms. The second-order valence-electron chi connectivity index (χ2n) is 9.16. The first-order valence-corrected chi connectivity index (χ1v) is 10.6. The average molecular weight is 445 g/mol. The number of aliphatic hydroxyl groups excluding tert-OH is 1. The number of hydrogen-bond acceptors (Lipinski definition) is 6. The lowest BCUT2D eigenvalue weighted by molar-refractivity contribution is -0.133. The Morgan fingerprint density at radius 1 is 1.31 bits per heavy atom. The minimum Gasteiger partial charge on any atom is -0.491 e. The van der Waals surface area contributed by atoms with E-state index < -0.39 is 17.9 Å². The van der Waals surface area contributed by atoms with Gasteiger partial charge >= 0.3 is 5.97 Å². The van der Waals surface area contributed by atoms with Crippen molar-refractivity contribution in [3.05, 3.63) is 41.5 Å². The Morgan fingerprint density at radius 2 is 2.06 bits per heavy atom. The van der Waals surface area contributed by atoms with Crippen LogP contribution in [0, 0.1) is 5.41 Å². The van der Waals surface area contributed by atoms with Crippen molar-refractivity contribution in [2.75, 3.05) is 20.3 Å². The zero-order valence-electron chi connectivity index (χ0n) is 18.6. The fourth-order valence-electron chi connectivity index (χ4n) is 4.28. The van der Waals surface area contributed by atoms with E-state index >= 15 is 4.39 Å². The van der Waals surface area contributed by atoms with Crippen molar-refractivity contribution in [2.24, 2.45) is 5.41 Å². The van der Waals surface area contributed by atoms with Crippen LogP contribution in [0.15, 0.2) is 35.8 Å². The number of benzene rings is 1. The van der Waals surface area contributed by atoms with E-state index in [-0.39, 0.29) is 22.7 Å². The molecule has 0 amide bonds. The summed E-state index contributed by atoms with van der Waals surface area (Å²) in [6, 6.07) is 5.18. The van der Waals surface area contributed by atoms with E-state index in [2.05, 4.69) is 0 Å². The van der Waals surface area contributed by atoms with Gasteiger partial charge in [0.2, 0.25) is 0 Å². The van der Waals surface area contributed by atoms with Gasteiger partial charge in [-0.3, -0.25) is 4.68 Å². The maximum atomic E-state index is 15.6. The zero-order valence-corrected chi connectivity index (χ0v) is 18.6. The highest BCUT2D eigenvalue weighted by atomic mass is 19.1. The number of aliphatic hydroxyl groups is 1. The van der Waals surface area contributed by atoms with Gasteiger partial charge in [-0.25, -0.2) is 9.18 Å². The third-order valence-electron chi connectivity index (χ3n) is 5.93. The Morgan fingerprint density at radius 3 is 2.72 bits per heavy atom. The predicted molar refractivity (Wildman–Crippen MR) is 117 cm³/mol. The Kier molecular flexibility index (Phi) is 5.72. The Hall–Kier alpha value is -2.91. The lowest BCUT2D eigenvalue weighted by Gasteiger charge is -2.46. The SMILES string of the molecule is COCCCOc1cccc2c3n(nc12)CC(C(C)(C)C)N1C=C(C(=O)O)C(O)C(F)=C31. The van der Waals surface area contributed by atoms with Crippen molar-refractivity contribution in [3.63, 3.8) is 0 Å². The molecule has 2 aromatic rings. The van der Waals surface area contributed by atoms with Crippen LogP contribution < -0.4 is 4.74 Å². The standard InChI is InChI=1S/C23H28FN3O5/c1-23(2,3)16-12-27-19(20-17(24)21(28)14(22(29)30)11-26(16)20)13-7-5-8-15(18(13)25-27)32-10-6-9-31-4/h5,7-8,11,16,21,28H,6,9-10,12H2,1-4H3,(H,29,30). The van der Waals surface area contributed by atoms with Crippen molar-refractivity contribution in [2.45, 2.75) is 45.9 Å². The molecular weight excluding hydrogens is 417 g/mol. The van der Waals surface area contributed by atoms with Gasteiger partial charge in [-0.15, -0.1) is 0 Å². The maximum Gasteiger partial charge on any atom is 0.336 e. The molecule has 8 nitrogen and oxygen atoms in total. The van der Waals surface area contributed by atoms with Gasteiger partial charge < -0.3 is 24.6 Å². The quantitative estimate of drug-likeness (QED) is 0.659. The molecule has 0 bridgehead atoms. The number of methoxy groups -OCH3 is 1. The first kappa shape index (κ1) is 22.3. The summed E-state index contributed by atoms with van der Waals surface area (Å²) in [5.74, 6) is -1.66. The number of aromatic nitrogens is 2. The van der Waals surface area contributed by atoms with E-state index in [1.807, 2.05) is 39.0 Å². The molecule has 1 aromatic carbocycles. The van der Waals surface area contributed by atoms with Crippen LogP contribution in [-0.2, 0) is 16.1 Å². The van der Waals surface area contributed by atoms with E-state index in [9.17, 15) is 15.0 Å². The van der Waals surface area contributed by atoms with Crippen LogP contribution in [0.25, 0.3) is 16.6 Å². The summed E-state index contributed by atoms with van der Waals surface area (Å²) in [5.41, 5.74) is 0.522. The molecular formula is C23H28FN3O5. The van der Waals surface area contributed by atoms with Gasteiger partial charge in [-0.05, 0) is 11.5 Å². The summed E-state index contributed by atoms with van der Waals surface area (Å²) in [7, 11) is 1.63. The van der Waals surface area contributed by atoms with Crippen LogP contribution in [0.4, 0.5) is 4.39 Å². The molecule has 2 aliphatic heterocycles. The molecule has 0 aliphatic carbocycles. The van der Waals surface area contributed by atoms with Crippen LogP contribution in [0.3, 0.4) is 0 Å².